The Hall–Kier alpha value is -2.36. The Bertz CT molecular complexity index is 817. The van der Waals surface area contributed by atoms with Crippen LogP contribution in [0.3, 0.4) is 0 Å². The summed E-state index contributed by atoms with van der Waals surface area (Å²) in [5.74, 6) is 0.571. The molecule has 1 unspecified atom stereocenters. The number of ketones is 1. The molecule has 1 atom stereocenters. The Labute approximate surface area is 154 Å². The van der Waals surface area contributed by atoms with Crippen LogP contribution < -0.4 is 0 Å². The quantitative estimate of drug-likeness (QED) is 0.515. The Balaban J connectivity index is 1.91. The maximum Gasteiger partial charge on any atom is 0.238 e. The summed E-state index contributed by atoms with van der Waals surface area (Å²) >= 11 is 0. The molecule has 4 rings (SSSR count). The number of allylic oxidation sites excluding steroid dienone is 1. The molecule has 2 saturated carbocycles. The number of hydrogen-bond donors (Lipinski definition) is 1. The lowest BCUT2D eigenvalue weighted by Gasteiger charge is -2.51. The predicted octanol–water partition coefficient (Wildman–Crippen LogP) is 3.54. The summed E-state index contributed by atoms with van der Waals surface area (Å²) in [5.41, 5.74) is 0.391. The summed E-state index contributed by atoms with van der Waals surface area (Å²) in [6.45, 7) is 5.08. The summed E-state index contributed by atoms with van der Waals surface area (Å²) in [5, 5.41) is 9.73. The molecule has 4 heteroatoms. The smallest absolute Gasteiger partial charge is 0.238 e. The topological polar surface area (TPSA) is 57.6 Å². The predicted molar refractivity (Wildman–Crippen MR) is 99.6 cm³/mol. The van der Waals surface area contributed by atoms with E-state index < -0.39 is 10.8 Å². The van der Waals surface area contributed by atoms with Crippen molar-refractivity contribution in [1.82, 2.24) is 4.90 Å². The van der Waals surface area contributed by atoms with Crippen LogP contribution in [0.2, 0.25) is 0 Å². The molecule has 0 radical (unpaired) electrons. The maximum absolute atomic E-state index is 13.8. The molecule has 1 amide bonds. The first-order chi connectivity index (χ1) is 12.4. The van der Waals surface area contributed by atoms with E-state index in [0.29, 0.717) is 18.0 Å². The van der Waals surface area contributed by atoms with E-state index in [1.165, 1.54) is 12.8 Å². The normalized spacial score (nSPS) is 29.5. The summed E-state index contributed by atoms with van der Waals surface area (Å²) in [6.07, 6.45) is 5.58. The highest BCUT2D eigenvalue weighted by atomic mass is 16.2. The molecular weight excluding hydrogens is 326 g/mol. The van der Waals surface area contributed by atoms with Gasteiger partial charge in [-0.3, -0.25) is 9.59 Å². The molecule has 1 aromatic carbocycles. The number of aliphatic hydroxyl groups excluding tert-OH is 1. The molecule has 1 N–H and O–H groups in total. The Kier molecular flexibility index (Phi) is 3.83. The van der Waals surface area contributed by atoms with E-state index in [9.17, 15) is 14.7 Å². The highest BCUT2D eigenvalue weighted by Crippen LogP contribution is 2.54. The van der Waals surface area contributed by atoms with Gasteiger partial charge in [0.15, 0.2) is 5.78 Å². The van der Waals surface area contributed by atoms with Gasteiger partial charge >= 0.3 is 0 Å². The number of carbonyl (C=O) groups is 2. The molecule has 3 aliphatic rings. The highest BCUT2D eigenvalue weighted by Gasteiger charge is 2.58. The number of hydrogen-bond acceptors (Lipinski definition) is 3. The van der Waals surface area contributed by atoms with Gasteiger partial charge in [0.2, 0.25) is 5.91 Å². The molecule has 1 heterocycles. The number of aliphatic hydroxyl groups is 1. The van der Waals surface area contributed by atoms with Crippen LogP contribution in [0.1, 0.15) is 38.7 Å². The van der Waals surface area contributed by atoms with Crippen molar-refractivity contribution >= 4 is 11.7 Å². The first kappa shape index (κ1) is 17.1. The largest absolute Gasteiger partial charge is 0.515 e. The van der Waals surface area contributed by atoms with Crippen LogP contribution in [-0.4, -0.2) is 34.8 Å². The van der Waals surface area contributed by atoms with Gasteiger partial charge in [-0.25, -0.2) is 0 Å². The van der Waals surface area contributed by atoms with Gasteiger partial charge in [0.25, 0.3) is 0 Å². The van der Waals surface area contributed by atoms with Crippen molar-refractivity contribution in [3.05, 3.63) is 59.4 Å². The van der Waals surface area contributed by atoms with Gasteiger partial charge in [-0.2, -0.15) is 0 Å². The van der Waals surface area contributed by atoms with E-state index in [0.717, 1.165) is 23.9 Å². The number of nitrogens with zero attached hydrogens (tertiary/aromatic N) is 1. The molecule has 2 fully saturated rings. The van der Waals surface area contributed by atoms with Crippen LogP contribution in [0, 0.1) is 11.3 Å². The molecule has 2 aliphatic carbocycles. The Morgan fingerprint density at radius 3 is 2.50 bits per heavy atom. The van der Waals surface area contributed by atoms with Gasteiger partial charge in [0.05, 0.1) is 11.7 Å². The van der Waals surface area contributed by atoms with Gasteiger partial charge in [0.1, 0.15) is 5.41 Å². The van der Waals surface area contributed by atoms with Gasteiger partial charge in [-0.1, -0.05) is 36.4 Å². The molecule has 1 aromatic rings. The van der Waals surface area contributed by atoms with Crippen LogP contribution >= 0.6 is 0 Å². The zero-order chi connectivity index (χ0) is 18.5. The van der Waals surface area contributed by atoms with Crippen LogP contribution in [-0.2, 0) is 15.0 Å². The van der Waals surface area contributed by atoms with Gasteiger partial charge in [0, 0.05) is 25.1 Å². The fourth-order valence-electron chi connectivity index (χ4n) is 4.67. The minimum absolute atomic E-state index is 0.0630. The standard InChI is InChI=1S/C22H25NO3/c1-21(2)18-10-11-23(13-15-8-9-15)20(26)22(18,12-16(14-24)19(21)25)17-6-4-3-5-7-17/h3-7,10,14-15,24H,8-9,11-13H2,1-2H3/b16-14-. The third kappa shape index (κ3) is 2.35. The van der Waals surface area contributed by atoms with Crippen molar-refractivity contribution < 1.29 is 14.7 Å². The Morgan fingerprint density at radius 1 is 1.19 bits per heavy atom. The maximum atomic E-state index is 13.8. The molecule has 0 bridgehead atoms. The lowest BCUT2D eigenvalue weighted by Crippen LogP contribution is -2.58. The second kappa shape index (κ2) is 5.83. The van der Waals surface area contributed by atoms with Crippen molar-refractivity contribution in [2.24, 2.45) is 11.3 Å². The number of benzene rings is 1. The van der Waals surface area contributed by atoms with E-state index in [4.69, 9.17) is 0 Å². The minimum Gasteiger partial charge on any atom is -0.515 e. The number of carbonyl (C=O) groups excluding carboxylic acids is 2. The summed E-state index contributed by atoms with van der Waals surface area (Å²) in [4.78, 5) is 28.6. The van der Waals surface area contributed by atoms with Crippen LogP contribution in [0.4, 0.5) is 0 Å². The van der Waals surface area contributed by atoms with E-state index in [2.05, 4.69) is 6.08 Å². The van der Waals surface area contributed by atoms with E-state index in [-0.39, 0.29) is 18.1 Å². The number of fused-ring (bicyclic) bond motifs is 1. The fourth-order valence-corrected chi connectivity index (χ4v) is 4.67. The van der Waals surface area contributed by atoms with Gasteiger partial charge < -0.3 is 10.0 Å². The summed E-state index contributed by atoms with van der Waals surface area (Å²) in [7, 11) is 0. The highest BCUT2D eigenvalue weighted by molar-refractivity contribution is 6.08. The van der Waals surface area contributed by atoms with Crippen molar-refractivity contribution in [3.8, 4) is 0 Å². The summed E-state index contributed by atoms with van der Waals surface area (Å²) in [6, 6.07) is 9.72. The lowest BCUT2D eigenvalue weighted by atomic mass is 9.54. The molecule has 0 aromatic heterocycles. The molecule has 136 valence electrons. The number of Topliss-reactive ketones (excluding diaryl/α,β-unsaturated/α-hetero) is 1. The van der Waals surface area contributed by atoms with Crippen LogP contribution in [0.5, 0.6) is 0 Å². The van der Waals surface area contributed by atoms with Crippen molar-refractivity contribution in [2.45, 2.75) is 38.5 Å². The average Bonchev–Trinajstić information content (AvgIpc) is 3.46. The molecule has 1 aliphatic heterocycles. The third-order valence-corrected chi connectivity index (χ3v) is 6.21. The number of amides is 1. The molecule has 0 saturated heterocycles. The lowest BCUT2D eigenvalue weighted by molar-refractivity contribution is -0.139. The first-order valence-corrected chi connectivity index (χ1v) is 9.35. The minimum atomic E-state index is -0.902. The molecule has 4 nitrogen and oxygen atoms in total. The summed E-state index contributed by atoms with van der Waals surface area (Å²) < 4.78 is 0. The third-order valence-electron chi connectivity index (χ3n) is 6.21. The second-order valence-corrected chi connectivity index (χ2v) is 8.33. The van der Waals surface area contributed by atoms with Crippen LogP contribution in [0.25, 0.3) is 0 Å². The van der Waals surface area contributed by atoms with Crippen molar-refractivity contribution in [3.63, 3.8) is 0 Å². The van der Waals surface area contributed by atoms with Crippen molar-refractivity contribution in [1.29, 1.82) is 0 Å². The number of rotatable bonds is 3. The van der Waals surface area contributed by atoms with Crippen molar-refractivity contribution in [2.75, 3.05) is 13.1 Å². The average molecular weight is 351 g/mol. The van der Waals surface area contributed by atoms with E-state index in [1.54, 1.807) is 0 Å². The van der Waals surface area contributed by atoms with E-state index >= 15 is 0 Å². The zero-order valence-corrected chi connectivity index (χ0v) is 15.4. The van der Waals surface area contributed by atoms with Crippen LogP contribution in [0.15, 0.2) is 53.8 Å². The van der Waals surface area contributed by atoms with E-state index in [1.807, 2.05) is 49.1 Å². The SMILES string of the molecule is CC1(C)C(=O)/C(=C\O)CC2(c3ccccc3)C(=O)N(CC3CC3)CC=C12. The zero-order valence-electron chi connectivity index (χ0n) is 15.4. The van der Waals surface area contributed by atoms with Gasteiger partial charge in [-0.05, 0) is 43.7 Å². The molecule has 0 spiro atoms. The molecular formula is C22H25NO3. The fraction of sp³-hybridized carbons (Fsp3) is 0.455. The van der Waals surface area contributed by atoms with Gasteiger partial charge in [-0.15, -0.1) is 0 Å². The molecule has 26 heavy (non-hydrogen) atoms. The second-order valence-electron chi connectivity index (χ2n) is 8.33. The monoisotopic (exact) mass is 351 g/mol. The first-order valence-electron chi connectivity index (χ1n) is 9.35. The Morgan fingerprint density at radius 2 is 1.88 bits per heavy atom.